The molecule has 0 saturated heterocycles. The number of aromatic nitrogens is 2. The molecule has 0 aliphatic heterocycles. The molecule has 0 bridgehead atoms. The van der Waals surface area contributed by atoms with Crippen LogP contribution in [-0.2, 0) is 0 Å². The smallest absolute Gasteiger partial charge is 0.133 e. The molecule has 0 atom stereocenters. The van der Waals surface area contributed by atoms with Crippen molar-refractivity contribution >= 4 is 11.4 Å². The molecule has 0 unspecified atom stereocenters. The van der Waals surface area contributed by atoms with Crippen LogP contribution < -0.4 is 10.6 Å². The Morgan fingerprint density at radius 3 is 2.57 bits per heavy atom. The number of rotatable bonds is 7. The standard InChI is InChI=1S/C19H26N4/c1-5-6-8-11-16(14-20-3)18-15(2)19(21-4)23(22-18)17-12-9-7-10-13-17/h7-14,20-21H,5-6H2,1-4H3/b11-8+,16-14+. The molecule has 0 aliphatic rings. The predicted octanol–water partition coefficient (Wildman–Crippen LogP) is 4.14. The third-order valence-electron chi connectivity index (χ3n) is 3.69. The van der Waals surface area contributed by atoms with E-state index in [0.29, 0.717) is 0 Å². The third kappa shape index (κ3) is 3.83. The molecule has 2 N–H and O–H groups in total. The monoisotopic (exact) mass is 310 g/mol. The number of hydrogen-bond acceptors (Lipinski definition) is 3. The highest BCUT2D eigenvalue weighted by molar-refractivity contribution is 5.76. The molecule has 4 heteroatoms. The third-order valence-corrected chi connectivity index (χ3v) is 3.69. The summed E-state index contributed by atoms with van der Waals surface area (Å²) < 4.78 is 1.96. The first-order chi connectivity index (χ1) is 11.2. The Morgan fingerprint density at radius 1 is 1.22 bits per heavy atom. The average molecular weight is 310 g/mol. The molecule has 0 amide bonds. The van der Waals surface area contributed by atoms with Crippen LogP contribution in [0.15, 0.2) is 48.7 Å². The second-order valence-corrected chi connectivity index (χ2v) is 5.40. The van der Waals surface area contributed by atoms with Crippen LogP contribution in [0.1, 0.15) is 31.0 Å². The van der Waals surface area contributed by atoms with Crippen LogP contribution in [0.4, 0.5) is 5.82 Å². The van der Waals surface area contributed by atoms with Crippen LogP contribution >= 0.6 is 0 Å². The number of para-hydroxylation sites is 1. The van der Waals surface area contributed by atoms with Gasteiger partial charge in [0.1, 0.15) is 5.82 Å². The SMILES string of the molecule is CCC/C=C/C(=C\NC)c1nn(-c2ccccc2)c(NC)c1C. The van der Waals surface area contributed by atoms with Gasteiger partial charge >= 0.3 is 0 Å². The number of allylic oxidation sites excluding steroid dienone is 3. The van der Waals surface area contributed by atoms with Crippen molar-refractivity contribution in [2.75, 3.05) is 19.4 Å². The molecule has 0 saturated carbocycles. The van der Waals surface area contributed by atoms with Crippen molar-refractivity contribution in [2.24, 2.45) is 0 Å². The first-order valence-electron chi connectivity index (χ1n) is 8.10. The molecular formula is C19H26N4. The number of nitrogens with one attached hydrogen (secondary N) is 2. The molecule has 1 aromatic heterocycles. The van der Waals surface area contributed by atoms with E-state index < -0.39 is 0 Å². The number of hydrogen-bond donors (Lipinski definition) is 2. The first-order valence-corrected chi connectivity index (χ1v) is 8.10. The zero-order valence-electron chi connectivity index (χ0n) is 14.4. The Labute approximate surface area is 138 Å². The van der Waals surface area contributed by atoms with Gasteiger partial charge in [-0.25, -0.2) is 4.68 Å². The normalized spacial score (nSPS) is 11.9. The molecule has 23 heavy (non-hydrogen) atoms. The fourth-order valence-corrected chi connectivity index (χ4v) is 2.55. The van der Waals surface area contributed by atoms with Crippen molar-refractivity contribution in [1.82, 2.24) is 15.1 Å². The van der Waals surface area contributed by atoms with Crippen molar-refractivity contribution < 1.29 is 0 Å². The van der Waals surface area contributed by atoms with E-state index in [1.165, 1.54) is 0 Å². The summed E-state index contributed by atoms with van der Waals surface area (Å²) in [4.78, 5) is 0. The van der Waals surface area contributed by atoms with Gasteiger partial charge in [0.05, 0.1) is 11.4 Å². The molecule has 4 nitrogen and oxygen atoms in total. The summed E-state index contributed by atoms with van der Waals surface area (Å²) in [5.41, 5.74) is 4.26. The molecule has 0 radical (unpaired) electrons. The quantitative estimate of drug-likeness (QED) is 0.755. The van der Waals surface area contributed by atoms with Crippen molar-refractivity contribution in [3.8, 4) is 5.69 Å². The lowest BCUT2D eigenvalue weighted by Crippen LogP contribution is -2.02. The summed E-state index contributed by atoms with van der Waals surface area (Å²) in [6.45, 7) is 4.28. The Hall–Kier alpha value is -2.49. The van der Waals surface area contributed by atoms with Gasteiger partial charge in [-0.1, -0.05) is 43.7 Å². The van der Waals surface area contributed by atoms with E-state index in [-0.39, 0.29) is 0 Å². The summed E-state index contributed by atoms with van der Waals surface area (Å²) in [6, 6.07) is 10.2. The van der Waals surface area contributed by atoms with Gasteiger partial charge in [0, 0.05) is 31.4 Å². The molecule has 0 aliphatic carbocycles. The second kappa shape index (κ2) is 8.22. The summed E-state index contributed by atoms with van der Waals surface area (Å²) >= 11 is 0. The van der Waals surface area contributed by atoms with Crippen LogP contribution in [0, 0.1) is 6.92 Å². The maximum Gasteiger partial charge on any atom is 0.133 e. The van der Waals surface area contributed by atoms with Gasteiger partial charge < -0.3 is 10.6 Å². The second-order valence-electron chi connectivity index (χ2n) is 5.40. The van der Waals surface area contributed by atoms with E-state index >= 15 is 0 Å². The van der Waals surface area contributed by atoms with Crippen molar-refractivity contribution in [3.63, 3.8) is 0 Å². The van der Waals surface area contributed by atoms with Gasteiger partial charge in [0.2, 0.25) is 0 Å². The van der Waals surface area contributed by atoms with E-state index in [2.05, 4.69) is 48.8 Å². The zero-order chi connectivity index (χ0) is 16.7. The summed E-state index contributed by atoms with van der Waals surface area (Å²) in [5, 5.41) is 11.2. The van der Waals surface area contributed by atoms with Crippen LogP contribution in [0.5, 0.6) is 0 Å². The summed E-state index contributed by atoms with van der Waals surface area (Å²) in [5.74, 6) is 1.01. The molecular weight excluding hydrogens is 284 g/mol. The van der Waals surface area contributed by atoms with Crippen molar-refractivity contribution in [3.05, 3.63) is 59.9 Å². The predicted molar refractivity (Wildman–Crippen MR) is 98.9 cm³/mol. The zero-order valence-corrected chi connectivity index (χ0v) is 14.4. The van der Waals surface area contributed by atoms with E-state index in [1.54, 1.807) is 0 Å². The molecule has 0 fully saturated rings. The van der Waals surface area contributed by atoms with Gasteiger partial charge in [-0.3, -0.25) is 0 Å². The number of benzene rings is 1. The number of nitrogens with zero attached hydrogens (tertiary/aromatic N) is 2. The Balaban J connectivity index is 2.50. The minimum Gasteiger partial charge on any atom is -0.393 e. The van der Waals surface area contributed by atoms with E-state index in [0.717, 1.165) is 41.2 Å². The van der Waals surface area contributed by atoms with E-state index in [1.807, 2.05) is 43.2 Å². The Bertz CT molecular complexity index is 681. The topological polar surface area (TPSA) is 41.9 Å². The molecule has 1 aromatic carbocycles. The van der Waals surface area contributed by atoms with Crippen molar-refractivity contribution in [2.45, 2.75) is 26.7 Å². The lowest BCUT2D eigenvalue weighted by Gasteiger charge is -2.06. The van der Waals surface area contributed by atoms with Gasteiger partial charge in [0.25, 0.3) is 0 Å². The van der Waals surface area contributed by atoms with Gasteiger partial charge in [-0.05, 0) is 25.5 Å². The number of unbranched alkanes of at least 4 members (excludes halogenated alkanes) is 1. The van der Waals surface area contributed by atoms with Crippen LogP contribution in [-0.4, -0.2) is 23.9 Å². The number of anilines is 1. The minimum absolute atomic E-state index is 0.986. The van der Waals surface area contributed by atoms with Gasteiger partial charge in [0.15, 0.2) is 0 Å². The maximum atomic E-state index is 4.84. The fraction of sp³-hybridized carbons (Fsp3) is 0.316. The Morgan fingerprint density at radius 2 is 1.96 bits per heavy atom. The Kier molecular flexibility index (Phi) is 6.03. The molecule has 122 valence electrons. The summed E-state index contributed by atoms with van der Waals surface area (Å²) in [6.07, 6.45) is 8.55. The van der Waals surface area contributed by atoms with Crippen molar-refractivity contribution in [1.29, 1.82) is 0 Å². The molecule has 0 spiro atoms. The lowest BCUT2D eigenvalue weighted by molar-refractivity contribution is 0.878. The lowest BCUT2D eigenvalue weighted by atomic mass is 10.1. The van der Waals surface area contributed by atoms with Crippen LogP contribution in [0.2, 0.25) is 0 Å². The van der Waals surface area contributed by atoms with Gasteiger partial charge in [-0.15, -0.1) is 0 Å². The van der Waals surface area contributed by atoms with Crippen LogP contribution in [0.25, 0.3) is 11.3 Å². The van der Waals surface area contributed by atoms with Crippen LogP contribution in [0.3, 0.4) is 0 Å². The largest absolute Gasteiger partial charge is 0.393 e. The highest BCUT2D eigenvalue weighted by atomic mass is 15.3. The van der Waals surface area contributed by atoms with E-state index in [4.69, 9.17) is 5.10 Å². The summed E-state index contributed by atoms with van der Waals surface area (Å²) in [7, 11) is 3.85. The molecule has 2 rings (SSSR count). The fourth-order valence-electron chi connectivity index (χ4n) is 2.55. The molecule has 1 heterocycles. The highest BCUT2D eigenvalue weighted by Gasteiger charge is 2.16. The van der Waals surface area contributed by atoms with E-state index in [9.17, 15) is 0 Å². The minimum atomic E-state index is 0.986. The van der Waals surface area contributed by atoms with Gasteiger partial charge in [-0.2, -0.15) is 5.10 Å². The average Bonchev–Trinajstić information content (AvgIpc) is 2.91. The first kappa shape index (κ1) is 16.9. The molecule has 2 aromatic rings. The maximum absolute atomic E-state index is 4.84. The highest BCUT2D eigenvalue weighted by Crippen LogP contribution is 2.27.